The number of nitrogens with one attached hydrogen (secondary N) is 2. The molecule has 2 amide bonds. The standard InChI is InChI=1S/C14H22F2N2O4/c1-14(2,3)22-13(21)17-5-4-10(11(15)16)18-12(20)8-6-9(19)7-8/h8,10-11H,4-7H2,1-3H3,(H,17,21)(H,18,20)/t10-/m1/s1. The molecule has 0 saturated heterocycles. The van der Waals surface area contributed by atoms with Crippen LogP contribution < -0.4 is 10.6 Å². The van der Waals surface area contributed by atoms with Gasteiger partial charge in [-0.3, -0.25) is 9.59 Å². The third-order valence-corrected chi connectivity index (χ3v) is 3.07. The van der Waals surface area contributed by atoms with Crippen molar-refractivity contribution < 1.29 is 27.9 Å². The Labute approximate surface area is 128 Å². The quantitative estimate of drug-likeness (QED) is 0.779. The van der Waals surface area contributed by atoms with Crippen molar-refractivity contribution in [2.75, 3.05) is 6.54 Å². The molecule has 1 aliphatic rings. The number of ketones is 1. The lowest BCUT2D eigenvalue weighted by Crippen LogP contribution is -2.47. The fraction of sp³-hybridized carbons (Fsp3) is 0.786. The van der Waals surface area contributed by atoms with Crippen LogP contribution in [0.3, 0.4) is 0 Å². The topological polar surface area (TPSA) is 84.5 Å². The molecule has 0 aliphatic heterocycles. The second-order valence-corrected chi connectivity index (χ2v) is 6.31. The first-order chi connectivity index (χ1) is 10.1. The number of Topliss-reactive ketones (excluding diaryl/α,β-unsaturated/α-hetero) is 1. The molecule has 126 valence electrons. The minimum absolute atomic E-state index is 0.0414. The van der Waals surface area contributed by atoms with Gasteiger partial charge in [0.05, 0.1) is 12.0 Å². The molecular weight excluding hydrogens is 298 g/mol. The Hall–Kier alpha value is -1.73. The van der Waals surface area contributed by atoms with Crippen molar-refractivity contribution in [1.29, 1.82) is 0 Å². The van der Waals surface area contributed by atoms with Gasteiger partial charge in [0, 0.05) is 19.4 Å². The molecule has 0 unspecified atom stereocenters. The van der Waals surface area contributed by atoms with Crippen LogP contribution in [0.25, 0.3) is 0 Å². The highest BCUT2D eigenvalue weighted by Gasteiger charge is 2.35. The predicted octanol–water partition coefficient (Wildman–Crippen LogP) is 1.63. The summed E-state index contributed by atoms with van der Waals surface area (Å²) in [5, 5.41) is 4.59. The normalized spacial score (nSPS) is 16.9. The van der Waals surface area contributed by atoms with E-state index in [2.05, 4.69) is 10.6 Å². The van der Waals surface area contributed by atoms with E-state index >= 15 is 0 Å². The Morgan fingerprint density at radius 2 is 1.91 bits per heavy atom. The maximum absolute atomic E-state index is 12.9. The lowest BCUT2D eigenvalue weighted by Gasteiger charge is -2.26. The van der Waals surface area contributed by atoms with E-state index < -0.39 is 36.0 Å². The first-order valence-corrected chi connectivity index (χ1v) is 7.15. The van der Waals surface area contributed by atoms with Crippen molar-refractivity contribution in [3.8, 4) is 0 Å². The molecule has 0 aromatic carbocycles. The molecule has 0 radical (unpaired) electrons. The van der Waals surface area contributed by atoms with E-state index in [9.17, 15) is 23.2 Å². The molecule has 0 heterocycles. The van der Waals surface area contributed by atoms with Crippen molar-refractivity contribution >= 4 is 17.8 Å². The minimum Gasteiger partial charge on any atom is -0.444 e. The summed E-state index contributed by atoms with van der Waals surface area (Å²) < 4.78 is 30.8. The molecule has 0 bridgehead atoms. The molecule has 1 rings (SSSR count). The summed E-state index contributed by atoms with van der Waals surface area (Å²) in [6.07, 6.45) is -3.35. The number of hydrogen-bond donors (Lipinski definition) is 2. The van der Waals surface area contributed by atoms with Gasteiger partial charge in [-0.1, -0.05) is 0 Å². The molecule has 0 aromatic heterocycles. The molecule has 0 aromatic rings. The predicted molar refractivity (Wildman–Crippen MR) is 74.5 cm³/mol. The number of ether oxygens (including phenoxy) is 1. The average Bonchev–Trinajstić information content (AvgIpc) is 2.31. The Kier molecular flexibility index (Phi) is 6.25. The van der Waals surface area contributed by atoms with Crippen LogP contribution >= 0.6 is 0 Å². The van der Waals surface area contributed by atoms with Gasteiger partial charge in [0.1, 0.15) is 11.4 Å². The summed E-state index contributed by atoms with van der Waals surface area (Å²) in [7, 11) is 0. The number of alkyl carbamates (subject to hydrolysis) is 1. The van der Waals surface area contributed by atoms with E-state index in [4.69, 9.17) is 4.74 Å². The molecular formula is C14H22F2N2O4. The van der Waals surface area contributed by atoms with Crippen LogP contribution in [0.5, 0.6) is 0 Å². The number of amides is 2. The summed E-state index contributed by atoms with van der Waals surface area (Å²) in [5.74, 6) is -1.09. The second-order valence-electron chi connectivity index (χ2n) is 6.31. The molecule has 0 spiro atoms. The Bertz CT molecular complexity index is 427. The summed E-state index contributed by atoms with van der Waals surface area (Å²) in [5.41, 5.74) is -0.669. The van der Waals surface area contributed by atoms with Gasteiger partial charge in [-0.25, -0.2) is 13.6 Å². The van der Waals surface area contributed by atoms with E-state index in [0.29, 0.717) is 0 Å². The van der Waals surface area contributed by atoms with E-state index in [1.807, 2.05) is 0 Å². The molecule has 1 atom stereocenters. The van der Waals surface area contributed by atoms with Gasteiger partial charge in [-0.15, -0.1) is 0 Å². The van der Waals surface area contributed by atoms with Crippen LogP contribution in [0.4, 0.5) is 13.6 Å². The Balaban J connectivity index is 2.33. The Morgan fingerprint density at radius 3 is 2.36 bits per heavy atom. The van der Waals surface area contributed by atoms with Crippen LogP contribution in [-0.2, 0) is 14.3 Å². The maximum Gasteiger partial charge on any atom is 0.407 e. The zero-order valence-corrected chi connectivity index (χ0v) is 12.9. The molecule has 2 N–H and O–H groups in total. The average molecular weight is 320 g/mol. The van der Waals surface area contributed by atoms with Crippen LogP contribution in [0, 0.1) is 5.92 Å². The third kappa shape index (κ3) is 6.36. The monoisotopic (exact) mass is 320 g/mol. The van der Waals surface area contributed by atoms with E-state index in [0.717, 1.165) is 0 Å². The molecule has 1 aliphatic carbocycles. The van der Waals surface area contributed by atoms with Gasteiger partial charge in [-0.05, 0) is 27.2 Å². The largest absolute Gasteiger partial charge is 0.444 e. The van der Waals surface area contributed by atoms with Crippen LogP contribution in [0.15, 0.2) is 0 Å². The smallest absolute Gasteiger partial charge is 0.407 e. The van der Waals surface area contributed by atoms with E-state index in [-0.39, 0.29) is 31.6 Å². The van der Waals surface area contributed by atoms with Crippen LogP contribution in [-0.4, -0.2) is 42.4 Å². The maximum atomic E-state index is 12.9. The van der Waals surface area contributed by atoms with Gasteiger partial charge in [-0.2, -0.15) is 0 Å². The molecule has 22 heavy (non-hydrogen) atoms. The first-order valence-electron chi connectivity index (χ1n) is 7.15. The fourth-order valence-electron chi connectivity index (χ4n) is 1.88. The van der Waals surface area contributed by atoms with Crippen molar-refractivity contribution in [3.63, 3.8) is 0 Å². The summed E-state index contributed by atoms with van der Waals surface area (Å²) >= 11 is 0. The van der Waals surface area contributed by atoms with E-state index in [1.165, 1.54) is 0 Å². The lowest BCUT2D eigenvalue weighted by atomic mass is 9.83. The number of carbonyl (C=O) groups is 3. The minimum atomic E-state index is -2.75. The lowest BCUT2D eigenvalue weighted by molar-refractivity contribution is -0.139. The molecule has 1 saturated carbocycles. The number of hydrogen-bond acceptors (Lipinski definition) is 4. The summed E-state index contributed by atoms with van der Waals surface area (Å²) in [4.78, 5) is 33.9. The third-order valence-electron chi connectivity index (χ3n) is 3.07. The van der Waals surface area contributed by atoms with Crippen LogP contribution in [0.2, 0.25) is 0 Å². The fourth-order valence-corrected chi connectivity index (χ4v) is 1.88. The number of rotatable bonds is 6. The molecule has 6 nitrogen and oxygen atoms in total. The zero-order chi connectivity index (χ0) is 16.9. The van der Waals surface area contributed by atoms with Gasteiger partial charge in [0.2, 0.25) is 5.91 Å². The first kappa shape index (κ1) is 18.3. The van der Waals surface area contributed by atoms with Crippen molar-refractivity contribution in [2.24, 2.45) is 5.92 Å². The van der Waals surface area contributed by atoms with Gasteiger partial charge < -0.3 is 15.4 Å². The van der Waals surface area contributed by atoms with Gasteiger partial charge >= 0.3 is 6.09 Å². The van der Waals surface area contributed by atoms with E-state index in [1.54, 1.807) is 20.8 Å². The van der Waals surface area contributed by atoms with Gasteiger partial charge in [0.25, 0.3) is 6.43 Å². The number of carbonyl (C=O) groups excluding carboxylic acids is 3. The highest BCUT2D eigenvalue weighted by atomic mass is 19.3. The van der Waals surface area contributed by atoms with Crippen molar-refractivity contribution in [3.05, 3.63) is 0 Å². The Morgan fingerprint density at radius 1 is 1.32 bits per heavy atom. The highest BCUT2D eigenvalue weighted by Crippen LogP contribution is 2.23. The molecule has 1 fully saturated rings. The molecule has 8 heteroatoms. The SMILES string of the molecule is CC(C)(C)OC(=O)NCC[C@@H](NC(=O)C1CC(=O)C1)C(F)F. The highest BCUT2D eigenvalue weighted by molar-refractivity contribution is 5.96. The zero-order valence-electron chi connectivity index (χ0n) is 12.9. The van der Waals surface area contributed by atoms with Crippen LogP contribution in [0.1, 0.15) is 40.0 Å². The summed E-state index contributed by atoms with van der Waals surface area (Å²) in [6, 6.07) is -1.36. The van der Waals surface area contributed by atoms with Gasteiger partial charge in [0.15, 0.2) is 0 Å². The van der Waals surface area contributed by atoms with Crippen molar-refractivity contribution in [1.82, 2.24) is 10.6 Å². The second kappa shape index (κ2) is 7.51. The number of alkyl halides is 2. The number of halogens is 2. The van der Waals surface area contributed by atoms with Crippen molar-refractivity contribution in [2.45, 2.75) is 58.1 Å². The summed E-state index contributed by atoms with van der Waals surface area (Å²) in [6.45, 7) is 5.02.